The highest BCUT2D eigenvalue weighted by Gasteiger charge is 2.41. The number of hydrogen-bond donors (Lipinski definition) is 0. The molecule has 1 aromatic carbocycles. The summed E-state index contributed by atoms with van der Waals surface area (Å²) in [5.41, 5.74) is 1.59. The van der Waals surface area contributed by atoms with Crippen LogP contribution < -0.4 is 9.63 Å². The topological polar surface area (TPSA) is 120 Å². The number of fused-ring (bicyclic) bond motifs is 1. The van der Waals surface area contributed by atoms with Gasteiger partial charge in [0.1, 0.15) is 22.2 Å². The number of benzene rings is 1. The Balaban J connectivity index is 1.47. The first kappa shape index (κ1) is 26.4. The van der Waals surface area contributed by atoms with Gasteiger partial charge in [-0.25, -0.2) is 19.3 Å². The molecule has 1 aliphatic heterocycles. The summed E-state index contributed by atoms with van der Waals surface area (Å²) in [6.07, 6.45) is 3.69. The predicted molar refractivity (Wildman–Crippen MR) is 145 cm³/mol. The molecule has 39 heavy (non-hydrogen) atoms. The molecule has 0 unspecified atom stereocenters. The van der Waals surface area contributed by atoms with E-state index >= 15 is 0 Å². The molecule has 1 aliphatic rings. The molecule has 5 rings (SSSR count). The third kappa shape index (κ3) is 5.49. The zero-order valence-corrected chi connectivity index (χ0v) is 22.6. The van der Waals surface area contributed by atoms with Gasteiger partial charge in [0.25, 0.3) is 0 Å². The van der Waals surface area contributed by atoms with Gasteiger partial charge in [-0.1, -0.05) is 16.8 Å². The molecular weight excluding hydrogens is 522 g/mol. The van der Waals surface area contributed by atoms with Crippen LogP contribution in [0.25, 0.3) is 16.9 Å². The highest BCUT2D eigenvalue weighted by atomic mass is 35.5. The van der Waals surface area contributed by atoms with Crippen molar-refractivity contribution >= 4 is 40.6 Å². The molecule has 0 bridgehead atoms. The minimum Gasteiger partial charge on any atom is -0.711 e. The lowest BCUT2D eigenvalue weighted by Crippen LogP contribution is -2.55. The second kappa shape index (κ2) is 10.5. The highest BCUT2D eigenvalue weighted by Crippen LogP contribution is 2.29. The second-order valence-corrected chi connectivity index (χ2v) is 10.7. The number of nitrogens with zero attached hydrogens (tertiary/aromatic N) is 7. The average Bonchev–Trinajstić information content (AvgIpc) is 3.34. The fourth-order valence-electron chi connectivity index (χ4n) is 4.59. The lowest BCUT2D eigenvalue weighted by atomic mass is 10.0. The van der Waals surface area contributed by atoms with E-state index in [9.17, 15) is 14.8 Å². The number of ether oxygens (including phenoxy) is 1. The van der Waals surface area contributed by atoms with Crippen molar-refractivity contribution in [2.75, 3.05) is 18.0 Å². The number of carbonyl (C=O) groups is 2. The van der Waals surface area contributed by atoms with E-state index in [0.29, 0.717) is 46.5 Å². The Labute approximate surface area is 230 Å². The van der Waals surface area contributed by atoms with Crippen LogP contribution in [0.5, 0.6) is 0 Å². The molecule has 11 nitrogen and oxygen atoms in total. The second-order valence-electron chi connectivity index (χ2n) is 10.3. The van der Waals surface area contributed by atoms with Gasteiger partial charge in [0.2, 0.25) is 0 Å². The van der Waals surface area contributed by atoms with Crippen LogP contribution in [0.2, 0.25) is 5.02 Å². The third-order valence-electron chi connectivity index (χ3n) is 6.31. The Kier molecular flexibility index (Phi) is 7.09. The number of pyridine rings is 2. The lowest BCUT2D eigenvalue weighted by molar-refractivity contribution is -0.591. The molecular formula is C27H28ClN7O4. The number of hydrogen-bond acceptors (Lipinski definition) is 7. The first-order chi connectivity index (χ1) is 18.6. The number of halogens is 1. The molecule has 202 valence electrons. The van der Waals surface area contributed by atoms with Crippen molar-refractivity contribution < 1.29 is 19.1 Å². The smallest absolute Gasteiger partial charge is 0.410 e. The number of aromatic nitrogens is 5. The SMILES string of the molecule is CC(C)(C)OC(=O)N1CCC[C@@H](N(C(=O)c2ccc(-n3nnc4cccnc43)cc2)c2c(Cl)ccc[n+]2[O-])C1. The van der Waals surface area contributed by atoms with Gasteiger partial charge < -0.3 is 14.8 Å². The van der Waals surface area contributed by atoms with Crippen molar-refractivity contribution in [3.8, 4) is 5.69 Å². The van der Waals surface area contributed by atoms with E-state index in [1.54, 1.807) is 72.9 Å². The summed E-state index contributed by atoms with van der Waals surface area (Å²) >= 11 is 6.46. The summed E-state index contributed by atoms with van der Waals surface area (Å²) in [7, 11) is 0. The van der Waals surface area contributed by atoms with Gasteiger partial charge in [-0.3, -0.25) is 0 Å². The maximum atomic E-state index is 14.0. The van der Waals surface area contributed by atoms with Crippen molar-refractivity contribution in [3.63, 3.8) is 0 Å². The van der Waals surface area contributed by atoms with Crippen LogP contribution in [0.4, 0.5) is 10.6 Å². The van der Waals surface area contributed by atoms with Crippen molar-refractivity contribution in [1.29, 1.82) is 0 Å². The first-order valence-electron chi connectivity index (χ1n) is 12.6. The Morgan fingerprint density at radius 2 is 1.92 bits per heavy atom. The predicted octanol–water partition coefficient (Wildman–Crippen LogP) is 4.15. The van der Waals surface area contributed by atoms with Crippen molar-refractivity contribution in [1.82, 2.24) is 24.9 Å². The lowest BCUT2D eigenvalue weighted by Gasteiger charge is -2.36. The largest absolute Gasteiger partial charge is 0.711 e. The highest BCUT2D eigenvalue weighted by molar-refractivity contribution is 6.33. The molecule has 1 fully saturated rings. The molecule has 12 heteroatoms. The summed E-state index contributed by atoms with van der Waals surface area (Å²) in [6.45, 7) is 6.08. The van der Waals surface area contributed by atoms with E-state index < -0.39 is 23.6 Å². The van der Waals surface area contributed by atoms with Crippen molar-refractivity contribution in [2.24, 2.45) is 0 Å². The summed E-state index contributed by atoms with van der Waals surface area (Å²) in [6, 6.07) is 13.0. The maximum Gasteiger partial charge on any atom is 0.410 e. The first-order valence-corrected chi connectivity index (χ1v) is 13.0. The molecule has 4 heterocycles. The molecule has 1 atom stereocenters. The van der Waals surface area contributed by atoms with E-state index in [0.717, 1.165) is 0 Å². The molecule has 4 aromatic rings. The Morgan fingerprint density at radius 3 is 2.64 bits per heavy atom. The van der Waals surface area contributed by atoms with Crippen LogP contribution in [0, 0.1) is 5.21 Å². The summed E-state index contributed by atoms with van der Waals surface area (Å²) in [5, 5.41) is 21.3. The van der Waals surface area contributed by atoms with Crippen molar-refractivity contribution in [3.05, 3.63) is 76.7 Å². The normalized spacial score (nSPS) is 15.8. The number of amides is 2. The molecule has 3 aromatic heterocycles. The van der Waals surface area contributed by atoms with E-state index in [1.165, 1.54) is 17.2 Å². The van der Waals surface area contributed by atoms with Crippen LogP contribution in [0.3, 0.4) is 0 Å². The Morgan fingerprint density at radius 1 is 1.15 bits per heavy atom. The van der Waals surface area contributed by atoms with Gasteiger partial charge in [-0.2, -0.15) is 9.58 Å². The van der Waals surface area contributed by atoms with E-state index in [4.69, 9.17) is 16.3 Å². The monoisotopic (exact) mass is 549 g/mol. The van der Waals surface area contributed by atoms with Gasteiger partial charge >= 0.3 is 17.8 Å². The fraction of sp³-hybridized carbons (Fsp3) is 0.333. The number of rotatable bonds is 4. The van der Waals surface area contributed by atoms with E-state index in [-0.39, 0.29) is 17.4 Å². The maximum absolute atomic E-state index is 14.0. The number of piperidine rings is 1. The molecule has 0 saturated carbocycles. The average molecular weight is 550 g/mol. The zero-order valence-electron chi connectivity index (χ0n) is 21.8. The van der Waals surface area contributed by atoms with Crippen LogP contribution in [-0.4, -0.2) is 61.6 Å². The number of anilines is 1. The minimum absolute atomic E-state index is 0.00996. The van der Waals surface area contributed by atoms with Gasteiger partial charge in [0, 0.05) is 12.7 Å². The van der Waals surface area contributed by atoms with Gasteiger partial charge in [-0.05, 0) is 82.1 Å². The van der Waals surface area contributed by atoms with Crippen LogP contribution in [-0.2, 0) is 4.74 Å². The summed E-state index contributed by atoms with van der Waals surface area (Å²) in [5.74, 6) is -0.410. The number of carbonyl (C=O) groups excluding carboxylic acids is 2. The van der Waals surface area contributed by atoms with Gasteiger partial charge in [-0.15, -0.1) is 5.10 Å². The Bertz CT molecular complexity index is 1500. The van der Waals surface area contributed by atoms with Crippen LogP contribution in [0.1, 0.15) is 44.0 Å². The quantitative estimate of drug-likeness (QED) is 0.277. The molecule has 0 spiro atoms. The zero-order chi connectivity index (χ0) is 27.7. The van der Waals surface area contributed by atoms with Crippen molar-refractivity contribution in [2.45, 2.75) is 45.3 Å². The van der Waals surface area contributed by atoms with E-state index in [2.05, 4.69) is 15.3 Å². The van der Waals surface area contributed by atoms with Gasteiger partial charge in [0.05, 0.1) is 24.0 Å². The Hall–Kier alpha value is -4.25. The molecule has 0 radical (unpaired) electrons. The van der Waals surface area contributed by atoms with Crippen LogP contribution in [0.15, 0.2) is 60.9 Å². The van der Waals surface area contributed by atoms with E-state index in [1.807, 2.05) is 6.07 Å². The molecule has 1 saturated heterocycles. The van der Waals surface area contributed by atoms with Gasteiger partial charge in [0.15, 0.2) is 5.65 Å². The standard InChI is InChI=1S/C27H28ClN7O4/c1-27(2,3)39-26(37)32-15-5-7-20(17-32)34(24-21(28)8-6-16-33(24)38)25(36)18-10-12-19(13-11-18)35-23-22(30-31-35)9-4-14-29-23/h4,6,8-14,16,20H,5,7,15,17H2,1-3H3/t20-/m1/s1. The molecule has 2 amide bonds. The van der Waals surface area contributed by atoms with Crippen LogP contribution >= 0.6 is 11.6 Å². The third-order valence-corrected chi connectivity index (χ3v) is 6.61. The summed E-state index contributed by atoms with van der Waals surface area (Å²) < 4.78 is 7.72. The number of likely N-dealkylation sites (tertiary alicyclic amines) is 1. The minimum atomic E-state index is -0.660. The fourth-order valence-corrected chi connectivity index (χ4v) is 4.84. The summed E-state index contributed by atoms with van der Waals surface area (Å²) in [4.78, 5) is 34.1. The molecule has 0 aliphatic carbocycles. The molecule has 0 N–H and O–H groups in total.